The van der Waals surface area contributed by atoms with Gasteiger partial charge in [-0.2, -0.15) is 0 Å². The van der Waals surface area contributed by atoms with Gasteiger partial charge in [0.15, 0.2) is 10.4 Å². The first-order valence-electron chi connectivity index (χ1n) is 7.44. The molecular weight excluding hydrogens is 332 g/mol. The third kappa shape index (κ3) is 2.35. The Morgan fingerprint density at radius 2 is 2.09 bits per heavy atom. The van der Waals surface area contributed by atoms with Gasteiger partial charge in [-0.05, 0) is 35.9 Å². The molecule has 2 unspecified atom stereocenters. The third-order valence-electron chi connectivity index (χ3n) is 4.68. The Balaban J connectivity index is 1.63. The lowest BCUT2D eigenvalue weighted by atomic mass is 9.77. The molecule has 0 aliphatic carbocycles. The van der Waals surface area contributed by atoms with Gasteiger partial charge in [-0.1, -0.05) is 33.7 Å². The predicted octanol–water partition coefficient (Wildman–Crippen LogP) is 2.54. The fourth-order valence-corrected chi connectivity index (χ4v) is 6.07. The minimum absolute atomic E-state index is 0.0694. The molecule has 2 aromatic rings. The number of carbonyl (C=O) groups is 1. The molecule has 0 bridgehead atoms. The van der Waals surface area contributed by atoms with Crippen molar-refractivity contribution in [2.24, 2.45) is 5.41 Å². The van der Waals surface area contributed by atoms with E-state index in [1.54, 1.807) is 17.5 Å². The maximum absolute atomic E-state index is 12.7. The molecule has 0 radical (unpaired) electrons. The highest BCUT2D eigenvalue weighted by atomic mass is 32.3. The summed E-state index contributed by atoms with van der Waals surface area (Å²) in [5.74, 6) is -0.0694. The Hall–Kier alpha value is -1.54. The molecule has 1 aromatic heterocycles. The monoisotopic (exact) mass is 348 g/mol. The van der Waals surface area contributed by atoms with E-state index in [9.17, 15) is 13.6 Å². The maximum Gasteiger partial charge on any atom is 0.232 e. The Kier molecular flexibility index (Phi) is 3.42. The van der Waals surface area contributed by atoms with E-state index in [0.717, 1.165) is 11.3 Å². The lowest BCUT2D eigenvalue weighted by molar-refractivity contribution is -0.125. The zero-order valence-corrected chi connectivity index (χ0v) is 14.0. The van der Waals surface area contributed by atoms with E-state index in [2.05, 4.69) is 5.32 Å². The number of fused-ring (bicyclic) bond motifs is 1. The van der Waals surface area contributed by atoms with Crippen LogP contribution < -0.4 is 5.32 Å². The average molecular weight is 348 g/mol. The molecular formula is C16H16N2O3S2. The molecule has 2 aliphatic heterocycles. The van der Waals surface area contributed by atoms with Gasteiger partial charge in [0.2, 0.25) is 10.1 Å². The number of benzene rings is 1. The summed E-state index contributed by atoms with van der Waals surface area (Å²) in [5.41, 5.74) is 1.25. The van der Waals surface area contributed by atoms with E-state index in [1.165, 1.54) is 15.6 Å². The van der Waals surface area contributed by atoms with Crippen molar-refractivity contribution in [1.29, 1.82) is 0 Å². The Labute approximate surface area is 139 Å². The molecule has 1 fully saturated rings. The predicted molar refractivity (Wildman–Crippen MR) is 88.8 cm³/mol. The van der Waals surface area contributed by atoms with Crippen molar-refractivity contribution < 1.29 is 13.6 Å². The first kappa shape index (κ1) is 15.0. The maximum atomic E-state index is 12.7. The Bertz CT molecular complexity index is 805. The molecule has 23 heavy (non-hydrogen) atoms. The molecule has 1 aromatic carbocycles. The van der Waals surface area contributed by atoms with Gasteiger partial charge in [0.1, 0.15) is 0 Å². The van der Waals surface area contributed by atoms with Gasteiger partial charge < -0.3 is 9.87 Å². The SMILES string of the molecule is O=C1Nc2ccccc2CC12CCN([S+](=O)([O-])c1cccs1)C2. The van der Waals surface area contributed by atoms with Crippen LogP contribution in [0.4, 0.5) is 5.69 Å². The number of thiophene rings is 1. The van der Waals surface area contributed by atoms with Crippen LogP contribution in [0.2, 0.25) is 0 Å². The van der Waals surface area contributed by atoms with E-state index in [4.69, 9.17) is 0 Å². The molecule has 1 saturated heterocycles. The van der Waals surface area contributed by atoms with E-state index in [1.807, 2.05) is 24.3 Å². The van der Waals surface area contributed by atoms with E-state index in [0.29, 0.717) is 23.6 Å². The van der Waals surface area contributed by atoms with Gasteiger partial charge in [0, 0.05) is 18.3 Å². The molecule has 4 rings (SSSR count). The summed E-state index contributed by atoms with van der Waals surface area (Å²) in [6.45, 7) is 0.628. The minimum Gasteiger partial charge on any atom is -0.592 e. The number of hydrogen-bond donors (Lipinski definition) is 1. The number of nitrogens with zero attached hydrogens (tertiary/aromatic N) is 1. The molecule has 2 aliphatic rings. The lowest BCUT2D eigenvalue weighted by Crippen LogP contribution is -2.45. The van der Waals surface area contributed by atoms with E-state index in [-0.39, 0.29) is 12.5 Å². The molecule has 2 atom stereocenters. The molecule has 7 heteroatoms. The number of carbonyl (C=O) groups excluding carboxylic acids is 1. The van der Waals surface area contributed by atoms with Gasteiger partial charge in [0.25, 0.3) is 0 Å². The van der Waals surface area contributed by atoms with Gasteiger partial charge in [0.05, 0.1) is 12.0 Å². The molecule has 0 saturated carbocycles. The second-order valence-electron chi connectivity index (χ2n) is 6.09. The molecule has 120 valence electrons. The van der Waals surface area contributed by atoms with Crippen LogP contribution in [0.5, 0.6) is 0 Å². The van der Waals surface area contributed by atoms with Crippen LogP contribution in [0.1, 0.15) is 12.0 Å². The fraction of sp³-hybridized carbons (Fsp3) is 0.312. The summed E-state index contributed by atoms with van der Waals surface area (Å²) in [5, 5.41) is 4.69. The van der Waals surface area contributed by atoms with Crippen molar-refractivity contribution in [1.82, 2.24) is 4.31 Å². The zero-order valence-electron chi connectivity index (χ0n) is 12.4. The quantitative estimate of drug-likeness (QED) is 0.848. The molecule has 5 nitrogen and oxygen atoms in total. The summed E-state index contributed by atoms with van der Waals surface area (Å²) >= 11 is 1.21. The van der Waals surface area contributed by atoms with Crippen LogP contribution in [0.3, 0.4) is 0 Å². The van der Waals surface area contributed by atoms with Crippen LogP contribution in [-0.4, -0.2) is 27.9 Å². The van der Waals surface area contributed by atoms with Crippen molar-refractivity contribution >= 4 is 33.3 Å². The van der Waals surface area contributed by atoms with Crippen molar-refractivity contribution in [2.45, 2.75) is 17.1 Å². The van der Waals surface area contributed by atoms with Crippen LogP contribution in [0.25, 0.3) is 0 Å². The normalized spacial score (nSPS) is 26.7. The highest BCUT2D eigenvalue weighted by Gasteiger charge is 2.52. The standard InChI is InChI=1S/C16H16N2O3S2/c19-15-16(10-12-4-1-2-5-13(12)17-15)7-8-18(11-16)23(20,21)14-6-3-9-22-14/h1-6,9H,7-8,10-11H2,(H-,17,19,20,21). The fourth-order valence-electron chi connectivity index (χ4n) is 3.40. The largest absolute Gasteiger partial charge is 0.592 e. The van der Waals surface area contributed by atoms with Gasteiger partial charge >= 0.3 is 0 Å². The topological polar surface area (TPSA) is 72.5 Å². The first-order chi connectivity index (χ1) is 11.0. The summed E-state index contributed by atoms with van der Waals surface area (Å²) in [6, 6.07) is 11.1. The Morgan fingerprint density at radius 1 is 1.26 bits per heavy atom. The number of hydrogen-bond acceptors (Lipinski definition) is 4. The number of para-hydroxylation sites is 1. The van der Waals surface area contributed by atoms with Gasteiger partial charge in [-0.3, -0.25) is 4.79 Å². The van der Waals surface area contributed by atoms with Crippen LogP contribution in [0.15, 0.2) is 46.0 Å². The highest BCUT2D eigenvalue weighted by Crippen LogP contribution is 2.43. The highest BCUT2D eigenvalue weighted by molar-refractivity contribution is 7.97. The second kappa shape index (κ2) is 5.24. The molecule has 1 N–H and O–H groups in total. The second-order valence-corrected chi connectivity index (χ2v) is 9.20. The Morgan fingerprint density at radius 3 is 2.87 bits per heavy atom. The van der Waals surface area contributed by atoms with Gasteiger partial charge in [-0.15, -0.1) is 4.31 Å². The van der Waals surface area contributed by atoms with Crippen molar-refractivity contribution in [3.63, 3.8) is 0 Å². The summed E-state index contributed by atoms with van der Waals surface area (Å²) in [6.07, 6.45) is 1.14. The van der Waals surface area contributed by atoms with Crippen LogP contribution >= 0.6 is 11.3 Å². The summed E-state index contributed by atoms with van der Waals surface area (Å²) < 4.78 is 27.1. The van der Waals surface area contributed by atoms with Crippen LogP contribution in [-0.2, 0) is 25.8 Å². The smallest absolute Gasteiger partial charge is 0.232 e. The number of nitrogens with one attached hydrogen (secondary N) is 1. The zero-order chi connectivity index (χ0) is 16.1. The molecule has 1 amide bonds. The third-order valence-corrected chi connectivity index (χ3v) is 7.90. The lowest BCUT2D eigenvalue weighted by Gasteiger charge is -2.33. The number of amides is 1. The van der Waals surface area contributed by atoms with E-state index < -0.39 is 15.8 Å². The minimum atomic E-state index is -3.50. The summed E-state index contributed by atoms with van der Waals surface area (Å²) in [4.78, 5) is 12.6. The van der Waals surface area contributed by atoms with Crippen molar-refractivity contribution in [3.05, 3.63) is 47.3 Å². The van der Waals surface area contributed by atoms with Crippen molar-refractivity contribution in [3.8, 4) is 0 Å². The summed E-state index contributed by atoms with van der Waals surface area (Å²) in [7, 11) is -3.50. The van der Waals surface area contributed by atoms with Crippen LogP contribution in [0, 0.1) is 5.41 Å². The van der Waals surface area contributed by atoms with Crippen molar-refractivity contribution in [2.75, 3.05) is 18.4 Å². The average Bonchev–Trinajstić information content (AvgIpc) is 3.19. The first-order valence-corrected chi connectivity index (χ1v) is 9.76. The van der Waals surface area contributed by atoms with E-state index >= 15 is 0 Å². The number of sulfonamides is 1. The van der Waals surface area contributed by atoms with Gasteiger partial charge in [-0.25, -0.2) is 0 Å². The molecule has 3 heterocycles. The number of rotatable bonds is 2. The molecule has 1 spiro atoms. The number of anilines is 1.